The van der Waals surface area contributed by atoms with Gasteiger partial charge in [0.05, 0.1) is 6.61 Å². The van der Waals surface area contributed by atoms with E-state index < -0.39 is 10.4 Å². The minimum absolute atomic E-state index is 0.0938. The molecule has 0 atom stereocenters. The van der Waals surface area contributed by atoms with Gasteiger partial charge >= 0.3 is 10.4 Å². The highest BCUT2D eigenvalue weighted by atomic mass is 32.3. The molecule has 0 radical (unpaired) electrons. The van der Waals surface area contributed by atoms with Crippen molar-refractivity contribution in [2.24, 2.45) is 5.92 Å². The van der Waals surface area contributed by atoms with Crippen molar-refractivity contribution in [3.8, 4) is 0 Å². The summed E-state index contributed by atoms with van der Waals surface area (Å²) in [6.45, 7) is 4.71. The first-order valence-electron chi connectivity index (χ1n) is 10.5. The van der Waals surface area contributed by atoms with E-state index in [9.17, 15) is 8.42 Å². The lowest BCUT2D eigenvalue weighted by Gasteiger charge is -2.05. The summed E-state index contributed by atoms with van der Waals surface area (Å²) in [5.41, 5.74) is 0. The first-order chi connectivity index (χ1) is 11.9. The van der Waals surface area contributed by atoms with Crippen molar-refractivity contribution in [3.05, 3.63) is 0 Å². The molecule has 4 nitrogen and oxygen atoms in total. The van der Waals surface area contributed by atoms with E-state index >= 15 is 0 Å². The molecule has 0 aromatic carbocycles. The molecule has 0 heterocycles. The summed E-state index contributed by atoms with van der Waals surface area (Å²) >= 11 is 0. The Balaban J connectivity index is 3.05. The highest BCUT2D eigenvalue weighted by Gasteiger charge is 2.02. The van der Waals surface area contributed by atoms with E-state index in [2.05, 4.69) is 18.0 Å². The van der Waals surface area contributed by atoms with Crippen LogP contribution in [0.3, 0.4) is 0 Å². The van der Waals surface area contributed by atoms with Gasteiger partial charge in [0.15, 0.2) is 0 Å². The predicted molar refractivity (Wildman–Crippen MR) is 106 cm³/mol. The van der Waals surface area contributed by atoms with Crippen molar-refractivity contribution in [3.63, 3.8) is 0 Å². The van der Waals surface area contributed by atoms with Crippen LogP contribution >= 0.6 is 0 Å². The lowest BCUT2D eigenvalue weighted by Crippen LogP contribution is -2.04. The van der Waals surface area contributed by atoms with E-state index in [-0.39, 0.29) is 6.61 Å². The number of hydrogen-bond donors (Lipinski definition) is 1. The zero-order valence-corrected chi connectivity index (χ0v) is 17.5. The second-order valence-electron chi connectivity index (χ2n) is 7.74. The van der Waals surface area contributed by atoms with Crippen LogP contribution in [0.5, 0.6) is 0 Å². The summed E-state index contributed by atoms with van der Waals surface area (Å²) in [6, 6.07) is 0. The van der Waals surface area contributed by atoms with Gasteiger partial charge in [-0.05, 0) is 12.3 Å². The van der Waals surface area contributed by atoms with Gasteiger partial charge in [-0.1, -0.05) is 110 Å². The highest BCUT2D eigenvalue weighted by Crippen LogP contribution is 2.14. The molecule has 0 rings (SSSR count). The zero-order chi connectivity index (χ0) is 18.8. The normalized spacial score (nSPS) is 12.2. The van der Waals surface area contributed by atoms with Crippen LogP contribution in [-0.4, -0.2) is 19.6 Å². The molecule has 0 aliphatic rings. The van der Waals surface area contributed by atoms with Gasteiger partial charge in [-0.15, -0.1) is 0 Å². The van der Waals surface area contributed by atoms with Crippen molar-refractivity contribution in [1.82, 2.24) is 0 Å². The van der Waals surface area contributed by atoms with Crippen LogP contribution in [0.4, 0.5) is 0 Å². The van der Waals surface area contributed by atoms with Crippen LogP contribution in [0, 0.1) is 5.92 Å². The van der Waals surface area contributed by atoms with Gasteiger partial charge in [0.1, 0.15) is 0 Å². The van der Waals surface area contributed by atoms with Crippen LogP contribution in [0.2, 0.25) is 0 Å². The Kier molecular flexibility index (Phi) is 17.2. The molecule has 0 amide bonds. The van der Waals surface area contributed by atoms with Gasteiger partial charge in [0.25, 0.3) is 0 Å². The van der Waals surface area contributed by atoms with E-state index in [0.29, 0.717) is 6.42 Å². The molecule has 0 saturated heterocycles. The third kappa shape index (κ3) is 23.9. The van der Waals surface area contributed by atoms with Crippen molar-refractivity contribution < 1.29 is 17.2 Å². The van der Waals surface area contributed by atoms with Crippen LogP contribution < -0.4 is 0 Å². The van der Waals surface area contributed by atoms with Gasteiger partial charge in [-0.3, -0.25) is 4.55 Å². The number of rotatable bonds is 19. The predicted octanol–water partition coefficient (Wildman–Crippen LogP) is 6.70. The van der Waals surface area contributed by atoms with Crippen LogP contribution in [0.25, 0.3) is 0 Å². The minimum atomic E-state index is -4.25. The monoisotopic (exact) mass is 378 g/mol. The minimum Gasteiger partial charge on any atom is -0.264 e. The topological polar surface area (TPSA) is 63.6 Å². The van der Waals surface area contributed by atoms with E-state index in [4.69, 9.17) is 4.55 Å². The lowest BCUT2D eigenvalue weighted by atomic mass is 10.0. The molecule has 0 aromatic rings. The van der Waals surface area contributed by atoms with Crippen LogP contribution in [-0.2, 0) is 14.6 Å². The highest BCUT2D eigenvalue weighted by molar-refractivity contribution is 7.80. The van der Waals surface area contributed by atoms with Gasteiger partial charge in [-0.25, -0.2) is 4.18 Å². The van der Waals surface area contributed by atoms with E-state index in [1.807, 2.05) is 0 Å². The largest absolute Gasteiger partial charge is 0.397 e. The fourth-order valence-electron chi connectivity index (χ4n) is 3.12. The molecule has 0 spiro atoms. The van der Waals surface area contributed by atoms with E-state index in [1.54, 1.807) is 0 Å². The zero-order valence-electron chi connectivity index (χ0n) is 16.7. The van der Waals surface area contributed by atoms with E-state index in [1.165, 1.54) is 83.5 Å². The van der Waals surface area contributed by atoms with Gasteiger partial charge in [0, 0.05) is 0 Å². The molecular formula is C20H42O4S. The fourth-order valence-corrected chi connectivity index (χ4v) is 3.45. The first kappa shape index (κ1) is 24.9. The molecule has 0 aromatic heterocycles. The molecule has 0 fully saturated rings. The standard InChI is InChI=1S/C20H42O4S/c1-20(2)18-16-14-12-10-8-6-4-3-5-7-9-11-13-15-17-19-24-25(21,22)23/h20H,3-19H2,1-2H3,(H,21,22,23). The second-order valence-corrected chi connectivity index (χ2v) is 8.83. The first-order valence-corrected chi connectivity index (χ1v) is 11.9. The third-order valence-electron chi connectivity index (χ3n) is 4.66. The molecule has 0 aliphatic heterocycles. The van der Waals surface area contributed by atoms with Crippen molar-refractivity contribution in [2.75, 3.05) is 6.61 Å². The Morgan fingerprint density at radius 1 is 0.640 bits per heavy atom. The third-order valence-corrected chi connectivity index (χ3v) is 5.12. The molecule has 0 bridgehead atoms. The SMILES string of the molecule is CC(C)CCCCCCCCCCCCCCCCCOS(=O)(=O)O. The second kappa shape index (κ2) is 17.3. The van der Waals surface area contributed by atoms with Crippen molar-refractivity contribution >= 4 is 10.4 Å². The maximum absolute atomic E-state index is 10.3. The summed E-state index contributed by atoms with van der Waals surface area (Å²) in [7, 11) is -4.25. The molecular weight excluding hydrogens is 336 g/mol. The molecule has 1 N–H and O–H groups in total. The molecule has 25 heavy (non-hydrogen) atoms. The average molecular weight is 379 g/mol. The summed E-state index contributed by atoms with van der Waals surface area (Å²) in [5, 5.41) is 0. The summed E-state index contributed by atoms with van der Waals surface area (Å²) < 4.78 is 33.4. The maximum atomic E-state index is 10.3. The van der Waals surface area contributed by atoms with Crippen LogP contribution in [0.15, 0.2) is 0 Å². The Morgan fingerprint density at radius 3 is 1.28 bits per heavy atom. The Hall–Kier alpha value is -0.130. The summed E-state index contributed by atoms with van der Waals surface area (Å²) in [6.07, 6.45) is 20.5. The lowest BCUT2D eigenvalue weighted by molar-refractivity contribution is 0.261. The molecule has 0 unspecified atom stereocenters. The van der Waals surface area contributed by atoms with Gasteiger partial charge in [-0.2, -0.15) is 8.42 Å². The number of unbranched alkanes of at least 4 members (excludes halogenated alkanes) is 14. The van der Waals surface area contributed by atoms with Crippen molar-refractivity contribution in [1.29, 1.82) is 0 Å². The quantitative estimate of drug-likeness (QED) is 0.200. The Labute approximate surface area is 157 Å². The number of hydrogen-bond acceptors (Lipinski definition) is 3. The summed E-state index contributed by atoms with van der Waals surface area (Å²) in [4.78, 5) is 0. The van der Waals surface area contributed by atoms with Gasteiger partial charge < -0.3 is 0 Å². The summed E-state index contributed by atoms with van der Waals surface area (Å²) in [5.74, 6) is 0.860. The van der Waals surface area contributed by atoms with E-state index in [0.717, 1.165) is 18.8 Å². The molecule has 5 heteroatoms. The van der Waals surface area contributed by atoms with Crippen LogP contribution in [0.1, 0.15) is 117 Å². The molecule has 152 valence electrons. The maximum Gasteiger partial charge on any atom is 0.397 e. The smallest absolute Gasteiger partial charge is 0.264 e. The molecule has 0 aliphatic carbocycles. The fraction of sp³-hybridized carbons (Fsp3) is 1.00. The van der Waals surface area contributed by atoms with Gasteiger partial charge in [0.2, 0.25) is 0 Å². The molecule has 0 saturated carbocycles. The average Bonchev–Trinajstić information content (AvgIpc) is 2.52. The Bertz CT molecular complexity index is 366. The Morgan fingerprint density at radius 2 is 0.960 bits per heavy atom. The van der Waals surface area contributed by atoms with Crippen molar-refractivity contribution in [2.45, 2.75) is 117 Å².